The Morgan fingerprint density at radius 1 is 0.955 bits per heavy atom. The number of hydrogen-bond donors (Lipinski definition) is 1. The van der Waals surface area contributed by atoms with Gasteiger partial charge in [-0.3, -0.25) is 0 Å². The molecule has 0 spiro atoms. The fourth-order valence-electron chi connectivity index (χ4n) is 2.60. The summed E-state index contributed by atoms with van der Waals surface area (Å²) in [5, 5.41) is 0. The Labute approximate surface area is 125 Å². The van der Waals surface area contributed by atoms with Crippen LogP contribution in [-0.2, 0) is 0 Å². The number of hydrogen-bond acceptors (Lipinski definition) is 1. The van der Waals surface area contributed by atoms with Crippen molar-refractivity contribution in [3.05, 3.63) is 29.3 Å². The minimum absolute atomic E-state index is 0.208. The van der Waals surface area contributed by atoms with Crippen LogP contribution >= 0.6 is 0 Å². The lowest BCUT2D eigenvalue weighted by atomic mass is 9.87. The van der Waals surface area contributed by atoms with E-state index in [1.54, 1.807) is 6.92 Å². The van der Waals surface area contributed by atoms with E-state index in [1.165, 1.54) is 0 Å². The summed E-state index contributed by atoms with van der Waals surface area (Å²) >= 11 is 0. The Bertz CT molecular complexity index is 490. The van der Waals surface area contributed by atoms with E-state index in [0.717, 1.165) is 18.2 Å². The number of nitrogens with two attached hydrogens (primary N) is 1. The molecule has 126 valence electrons. The zero-order valence-electron chi connectivity index (χ0n) is 12.5. The molecule has 0 aliphatic rings. The molecule has 0 fully saturated rings. The first kappa shape index (κ1) is 18.6. The van der Waals surface area contributed by atoms with Crippen LogP contribution in [0.3, 0.4) is 0 Å². The van der Waals surface area contributed by atoms with Crippen LogP contribution < -0.4 is 5.73 Å². The summed E-state index contributed by atoms with van der Waals surface area (Å²) in [5.74, 6) is -3.47. The molecule has 7 heteroatoms. The van der Waals surface area contributed by atoms with E-state index in [0.29, 0.717) is 12.0 Å². The first-order valence-corrected chi connectivity index (χ1v) is 6.86. The predicted octanol–water partition coefficient (Wildman–Crippen LogP) is 5.63. The van der Waals surface area contributed by atoms with E-state index in [-0.39, 0.29) is 17.5 Å². The molecule has 1 atom stereocenters. The molecule has 1 unspecified atom stereocenters. The minimum Gasteiger partial charge on any atom is -0.398 e. The molecule has 1 rings (SSSR count). The second kappa shape index (κ2) is 6.38. The largest absolute Gasteiger partial charge is 0.404 e. The Balaban J connectivity index is 3.31. The third-order valence-electron chi connectivity index (χ3n) is 3.45. The lowest BCUT2D eigenvalue weighted by Crippen LogP contribution is -2.34. The maximum absolute atomic E-state index is 12.8. The maximum Gasteiger partial charge on any atom is 0.404 e. The quantitative estimate of drug-likeness (QED) is 0.563. The fraction of sp³-hybridized carbons (Fsp3) is 0.600. The third-order valence-corrected chi connectivity index (χ3v) is 3.45. The fourth-order valence-corrected chi connectivity index (χ4v) is 2.60. The van der Waals surface area contributed by atoms with E-state index >= 15 is 0 Å². The molecule has 0 saturated heterocycles. The molecule has 0 aliphatic heterocycles. The van der Waals surface area contributed by atoms with Gasteiger partial charge in [-0.15, -0.1) is 0 Å². The van der Waals surface area contributed by atoms with Crippen LogP contribution in [0, 0.1) is 5.92 Å². The number of anilines is 1. The average Bonchev–Trinajstić information content (AvgIpc) is 2.26. The van der Waals surface area contributed by atoms with Gasteiger partial charge in [0.15, 0.2) is 5.92 Å². The Morgan fingerprint density at radius 3 is 1.86 bits per heavy atom. The molecule has 0 aromatic heterocycles. The highest BCUT2D eigenvalue weighted by Crippen LogP contribution is 2.47. The standard InChI is InChI=1S/C15H19F6N/c1-8(2)6-9(3)11-7-10(4-5-12(11)22)13(14(16,17)18)15(19,20)21/h4-5,7-9,13H,6,22H2,1-3H3. The molecule has 1 nitrogen and oxygen atoms in total. The van der Waals surface area contributed by atoms with Crippen molar-refractivity contribution in [2.75, 3.05) is 5.73 Å². The number of nitrogen functional groups attached to an aromatic ring is 1. The molecule has 22 heavy (non-hydrogen) atoms. The van der Waals surface area contributed by atoms with Crippen LogP contribution in [-0.4, -0.2) is 12.4 Å². The SMILES string of the molecule is CC(C)CC(C)c1cc(C(C(F)(F)F)C(F)(F)F)ccc1N. The van der Waals surface area contributed by atoms with Crippen molar-refractivity contribution in [2.45, 2.75) is 51.4 Å². The first-order chi connectivity index (χ1) is 9.84. The van der Waals surface area contributed by atoms with Crippen LogP contribution in [0.5, 0.6) is 0 Å². The number of halogens is 6. The first-order valence-electron chi connectivity index (χ1n) is 6.86. The third kappa shape index (κ3) is 4.55. The molecular weight excluding hydrogens is 308 g/mol. The van der Waals surface area contributed by atoms with Crippen LogP contribution in [0.15, 0.2) is 18.2 Å². The second-order valence-electron chi connectivity index (χ2n) is 5.94. The number of benzene rings is 1. The number of alkyl halides is 6. The highest BCUT2D eigenvalue weighted by Gasteiger charge is 2.57. The van der Waals surface area contributed by atoms with E-state index in [1.807, 2.05) is 13.8 Å². The van der Waals surface area contributed by atoms with Gasteiger partial charge in [-0.1, -0.05) is 32.9 Å². The maximum atomic E-state index is 12.8. The summed E-state index contributed by atoms with van der Waals surface area (Å²) in [6.07, 6.45) is -10.2. The van der Waals surface area contributed by atoms with Gasteiger partial charge in [0.1, 0.15) is 0 Å². The predicted molar refractivity (Wildman–Crippen MR) is 73.6 cm³/mol. The Hall–Kier alpha value is -1.40. The summed E-state index contributed by atoms with van der Waals surface area (Å²) < 4.78 is 76.8. The van der Waals surface area contributed by atoms with Crippen molar-refractivity contribution in [3.8, 4) is 0 Å². The van der Waals surface area contributed by atoms with Gasteiger partial charge in [0, 0.05) is 5.69 Å². The van der Waals surface area contributed by atoms with Crippen molar-refractivity contribution in [1.29, 1.82) is 0 Å². The van der Waals surface area contributed by atoms with Crippen molar-refractivity contribution in [3.63, 3.8) is 0 Å². The molecular formula is C15H19F6N. The van der Waals surface area contributed by atoms with Gasteiger partial charge >= 0.3 is 12.4 Å². The monoisotopic (exact) mass is 327 g/mol. The van der Waals surface area contributed by atoms with Gasteiger partial charge in [-0.05, 0) is 35.4 Å². The van der Waals surface area contributed by atoms with E-state index in [4.69, 9.17) is 5.73 Å². The smallest absolute Gasteiger partial charge is 0.398 e. The second-order valence-corrected chi connectivity index (χ2v) is 5.94. The topological polar surface area (TPSA) is 26.0 Å². The van der Waals surface area contributed by atoms with E-state index in [9.17, 15) is 26.3 Å². The number of rotatable bonds is 4. The zero-order valence-corrected chi connectivity index (χ0v) is 12.5. The van der Waals surface area contributed by atoms with Crippen LogP contribution in [0.4, 0.5) is 32.0 Å². The lowest BCUT2D eigenvalue weighted by Gasteiger charge is -2.25. The summed E-state index contributed by atoms with van der Waals surface area (Å²) in [6, 6.07) is 2.85. The van der Waals surface area contributed by atoms with Crippen LogP contribution in [0.1, 0.15) is 50.2 Å². The van der Waals surface area contributed by atoms with Crippen molar-refractivity contribution >= 4 is 5.69 Å². The molecule has 0 bridgehead atoms. The van der Waals surface area contributed by atoms with Gasteiger partial charge < -0.3 is 5.73 Å². The molecule has 0 amide bonds. The summed E-state index contributed by atoms with van der Waals surface area (Å²) in [6.45, 7) is 5.58. The zero-order chi connectivity index (χ0) is 17.3. The van der Waals surface area contributed by atoms with Crippen molar-refractivity contribution in [1.82, 2.24) is 0 Å². The van der Waals surface area contributed by atoms with E-state index < -0.39 is 23.8 Å². The summed E-state index contributed by atoms with van der Waals surface area (Å²) in [4.78, 5) is 0. The normalized spacial score (nSPS) is 14.7. The molecule has 0 aliphatic carbocycles. The molecule has 0 heterocycles. The Morgan fingerprint density at radius 2 is 1.45 bits per heavy atom. The van der Waals surface area contributed by atoms with Gasteiger partial charge in [0.2, 0.25) is 0 Å². The summed E-state index contributed by atoms with van der Waals surface area (Å²) in [7, 11) is 0. The van der Waals surface area contributed by atoms with Gasteiger partial charge in [-0.2, -0.15) is 26.3 Å². The molecule has 1 aromatic carbocycles. The van der Waals surface area contributed by atoms with E-state index in [2.05, 4.69) is 0 Å². The van der Waals surface area contributed by atoms with Gasteiger partial charge in [0.05, 0.1) is 0 Å². The molecule has 1 aromatic rings. The van der Waals surface area contributed by atoms with Gasteiger partial charge in [0.25, 0.3) is 0 Å². The molecule has 0 radical (unpaired) electrons. The van der Waals surface area contributed by atoms with Crippen molar-refractivity contribution < 1.29 is 26.3 Å². The highest BCUT2D eigenvalue weighted by atomic mass is 19.4. The van der Waals surface area contributed by atoms with Crippen molar-refractivity contribution in [2.24, 2.45) is 5.92 Å². The minimum atomic E-state index is -5.40. The molecule has 2 N–H and O–H groups in total. The average molecular weight is 327 g/mol. The van der Waals surface area contributed by atoms with Crippen LogP contribution in [0.2, 0.25) is 0 Å². The van der Waals surface area contributed by atoms with Crippen LogP contribution in [0.25, 0.3) is 0 Å². The van der Waals surface area contributed by atoms with Gasteiger partial charge in [-0.25, -0.2) is 0 Å². The highest BCUT2D eigenvalue weighted by molar-refractivity contribution is 5.51. The molecule has 0 saturated carbocycles. The summed E-state index contributed by atoms with van der Waals surface area (Å²) in [5.41, 5.74) is 5.43. The Kier molecular flexibility index (Phi) is 5.41. The lowest BCUT2D eigenvalue weighted by molar-refractivity contribution is -0.253.